The number of rotatable bonds is 7. The molecule has 0 saturated carbocycles. The number of carbonyl (C=O) groups excluding carboxylic acids is 1. The smallest absolute Gasteiger partial charge is 0.242 e. The maximum Gasteiger partial charge on any atom is 0.242 e. The lowest BCUT2D eigenvalue weighted by atomic mass is 9.97. The molecule has 1 atom stereocenters. The van der Waals surface area contributed by atoms with Crippen LogP contribution in [0.25, 0.3) is 0 Å². The first kappa shape index (κ1) is 21.6. The Morgan fingerprint density at radius 1 is 1.17 bits per heavy atom. The molecule has 0 aromatic heterocycles. The summed E-state index contributed by atoms with van der Waals surface area (Å²) >= 11 is 0. The third-order valence-corrected chi connectivity index (χ3v) is 5.39. The van der Waals surface area contributed by atoms with Crippen molar-refractivity contribution in [2.45, 2.75) is 25.8 Å². The van der Waals surface area contributed by atoms with Crippen LogP contribution >= 0.6 is 0 Å². The number of anilines is 1. The van der Waals surface area contributed by atoms with E-state index in [9.17, 15) is 13.2 Å². The summed E-state index contributed by atoms with van der Waals surface area (Å²) in [7, 11) is -0.179. The second-order valence-corrected chi connectivity index (χ2v) is 8.67. The van der Waals surface area contributed by atoms with Crippen LogP contribution in [0.4, 0.5) is 5.69 Å². The maximum atomic E-state index is 12.6. The van der Waals surface area contributed by atoms with Gasteiger partial charge in [-0.1, -0.05) is 19.1 Å². The van der Waals surface area contributed by atoms with Gasteiger partial charge < -0.3 is 9.47 Å². The Hall–Kier alpha value is -3.07. The highest BCUT2D eigenvalue weighted by atomic mass is 32.2. The van der Waals surface area contributed by atoms with E-state index in [0.717, 1.165) is 23.1 Å². The molecule has 1 N–H and O–H groups in total. The van der Waals surface area contributed by atoms with Gasteiger partial charge in [0.25, 0.3) is 0 Å². The Morgan fingerprint density at radius 3 is 2.43 bits per heavy atom. The second kappa shape index (κ2) is 8.74. The first-order valence-corrected chi connectivity index (χ1v) is 11.3. The van der Waals surface area contributed by atoms with Crippen LogP contribution in [0.2, 0.25) is 0 Å². The molecule has 2 aromatic rings. The van der Waals surface area contributed by atoms with Gasteiger partial charge >= 0.3 is 0 Å². The molecule has 1 aliphatic rings. The Morgan fingerprint density at radius 2 is 1.87 bits per heavy atom. The van der Waals surface area contributed by atoms with Crippen molar-refractivity contribution in [1.82, 2.24) is 5.01 Å². The molecule has 160 valence electrons. The number of nitrogens with zero attached hydrogens (tertiary/aromatic N) is 2. The lowest BCUT2D eigenvalue weighted by molar-refractivity contribution is -0.132. The van der Waals surface area contributed by atoms with E-state index in [1.165, 1.54) is 5.01 Å². The molecule has 0 bridgehead atoms. The van der Waals surface area contributed by atoms with Crippen LogP contribution in [0.1, 0.15) is 36.9 Å². The Bertz CT molecular complexity index is 1060. The minimum Gasteiger partial charge on any atom is -0.497 e. The fourth-order valence-electron chi connectivity index (χ4n) is 3.36. The molecule has 0 fully saturated rings. The summed E-state index contributed by atoms with van der Waals surface area (Å²) in [6.07, 6.45) is 1.91. The van der Waals surface area contributed by atoms with Crippen LogP contribution in [0.5, 0.6) is 11.5 Å². The van der Waals surface area contributed by atoms with E-state index in [-0.39, 0.29) is 11.9 Å². The molecule has 3 rings (SSSR count). The van der Waals surface area contributed by atoms with E-state index < -0.39 is 10.0 Å². The summed E-state index contributed by atoms with van der Waals surface area (Å²) in [6, 6.07) is 12.1. The molecule has 1 unspecified atom stereocenters. The van der Waals surface area contributed by atoms with E-state index in [1.807, 2.05) is 12.1 Å². The normalized spacial score (nSPS) is 16.2. The molecule has 1 amide bonds. The van der Waals surface area contributed by atoms with Gasteiger partial charge in [-0.05, 0) is 35.9 Å². The standard InChI is InChI=1S/C21H25N3O5S/c1-5-21(25)24-19(17-12-16(28-2)10-11-20(17)29-3)13-18(22-24)14-6-8-15(9-7-14)23-30(4,26)27/h6-12,19,23H,5,13H2,1-4H3. The van der Waals surface area contributed by atoms with Crippen LogP contribution in [-0.2, 0) is 14.8 Å². The zero-order valence-electron chi connectivity index (χ0n) is 17.4. The largest absolute Gasteiger partial charge is 0.497 e. The van der Waals surface area contributed by atoms with Gasteiger partial charge in [-0.15, -0.1) is 0 Å². The molecular weight excluding hydrogens is 406 g/mol. The van der Waals surface area contributed by atoms with Crippen LogP contribution in [0.15, 0.2) is 47.6 Å². The fourth-order valence-corrected chi connectivity index (χ4v) is 3.93. The average Bonchev–Trinajstić information content (AvgIpc) is 3.17. The number of carbonyl (C=O) groups is 1. The molecule has 8 nitrogen and oxygen atoms in total. The van der Waals surface area contributed by atoms with Gasteiger partial charge in [-0.25, -0.2) is 13.4 Å². The van der Waals surface area contributed by atoms with Crippen LogP contribution in [0.3, 0.4) is 0 Å². The highest BCUT2D eigenvalue weighted by Gasteiger charge is 2.34. The third-order valence-electron chi connectivity index (χ3n) is 4.79. The molecule has 1 aliphatic heterocycles. The zero-order chi connectivity index (χ0) is 21.9. The SMILES string of the molecule is CCC(=O)N1N=C(c2ccc(NS(C)(=O)=O)cc2)CC1c1cc(OC)ccc1OC. The van der Waals surface area contributed by atoms with E-state index >= 15 is 0 Å². The van der Waals surface area contributed by atoms with Gasteiger partial charge in [0.2, 0.25) is 15.9 Å². The van der Waals surface area contributed by atoms with Gasteiger partial charge in [0.1, 0.15) is 11.5 Å². The average molecular weight is 432 g/mol. The molecule has 9 heteroatoms. The van der Waals surface area contributed by atoms with E-state index in [2.05, 4.69) is 9.82 Å². The molecule has 0 spiro atoms. The zero-order valence-corrected chi connectivity index (χ0v) is 18.2. The predicted octanol–water partition coefficient (Wildman–Crippen LogP) is 3.16. The monoisotopic (exact) mass is 431 g/mol. The van der Waals surface area contributed by atoms with Crippen molar-refractivity contribution in [1.29, 1.82) is 0 Å². The third kappa shape index (κ3) is 4.73. The number of methoxy groups -OCH3 is 2. The fraction of sp³-hybridized carbons (Fsp3) is 0.333. The van der Waals surface area contributed by atoms with Gasteiger partial charge in [0, 0.05) is 24.1 Å². The van der Waals surface area contributed by atoms with Crippen molar-refractivity contribution in [3.63, 3.8) is 0 Å². The minimum atomic E-state index is -3.35. The number of ether oxygens (including phenoxy) is 2. The number of nitrogens with one attached hydrogen (secondary N) is 1. The first-order valence-electron chi connectivity index (χ1n) is 9.45. The topological polar surface area (TPSA) is 97.3 Å². The maximum absolute atomic E-state index is 12.6. The molecule has 0 radical (unpaired) electrons. The van der Waals surface area contributed by atoms with Crippen LogP contribution in [0, 0.1) is 0 Å². The highest BCUT2D eigenvalue weighted by molar-refractivity contribution is 7.92. The van der Waals surface area contributed by atoms with E-state index in [1.54, 1.807) is 51.5 Å². The van der Waals surface area contributed by atoms with Gasteiger partial charge in [0.15, 0.2) is 0 Å². The summed E-state index contributed by atoms with van der Waals surface area (Å²) in [6.45, 7) is 1.79. The quantitative estimate of drug-likeness (QED) is 0.726. The van der Waals surface area contributed by atoms with Crippen LogP contribution < -0.4 is 14.2 Å². The van der Waals surface area contributed by atoms with Crippen molar-refractivity contribution in [3.05, 3.63) is 53.6 Å². The molecule has 2 aromatic carbocycles. The van der Waals surface area contributed by atoms with Gasteiger partial charge in [0.05, 0.1) is 32.2 Å². The van der Waals surface area contributed by atoms with Crippen LogP contribution in [-0.4, -0.2) is 45.5 Å². The Kier molecular flexibility index (Phi) is 6.31. The number of hydrazone groups is 1. The number of amides is 1. The van der Waals surface area contributed by atoms with Crippen molar-refractivity contribution in [2.24, 2.45) is 5.10 Å². The summed E-state index contributed by atoms with van der Waals surface area (Å²) in [5, 5.41) is 6.08. The highest BCUT2D eigenvalue weighted by Crippen LogP contribution is 2.39. The Labute approximate surface area is 176 Å². The summed E-state index contributed by atoms with van der Waals surface area (Å²) in [5.41, 5.74) is 2.82. The van der Waals surface area contributed by atoms with Crippen molar-refractivity contribution in [3.8, 4) is 11.5 Å². The summed E-state index contributed by atoms with van der Waals surface area (Å²) in [5.74, 6) is 1.22. The second-order valence-electron chi connectivity index (χ2n) is 6.92. The summed E-state index contributed by atoms with van der Waals surface area (Å²) < 4.78 is 36.1. The molecular formula is C21H25N3O5S. The number of hydrogen-bond donors (Lipinski definition) is 1. The molecule has 30 heavy (non-hydrogen) atoms. The molecule has 1 heterocycles. The lowest BCUT2D eigenvalue weighted by Gasteiger charge is -2.23. The van der Waals surface area contributed by atoms with Gasteiger partial charge in [-0.2, -0.15) is 5.10 Å². The number of sulfonamides is 1. The van der Waals surface area contributed by atoms with Gasteiger partial charge in [-0.3, -0.25) is 9.52 Å². The van der Waals surface area contributed by atoms with Crippen molar-refractivity contribution >= 4 is 27.3 Å². The molecule has 0 aliphatic carbocycles. The van der Waals surface area contributed by atoms with Crippen molar-refractivity contribution in [2.75, 3.05) is 25.2 Å². The Balaban J connectivity index is 1.95. The minimum absolute atomic E-state index is 0.102. The van der Waals surface area contributed by atoms with E-state index in [4.69, 9.17) is 9.47 Å². The first-order chi connectivity index (χ1) is 14.3. The molecule has 0 saturated heterocycles. The lowest BCUT2D eigenvalue weighted by Crippen LogP contribution is -2.26. The van der Waals surface area contributed by atoms with E-state index in [0.29, 0.717) is 30.0 Å². The van der Waals surface area contributed by atoms with Crippen molar-refractivity contribution < 1.29 is 22.7 Å². The summed E-state index contributed by atoms with van der Waals surface area (Å²) in [4.78, 5) is 12.6. The number of benzene rings is 2. The predicted molar refractivity (Wildman–Crippen MR) is 115 cm³/mol. The number of hydrogen-bond acceptors (Lipinski definition) is 6.